The van der Waals surface area contributed by atoms with E-state index in [1.807, 2.05) is 78.2 Å². The number of aromatic nitrogens is 4. The average molecular weight is 577 g/mol. The van der Waals surface area contributed by atoms with Crippen LogP contribution in [0.4, 0.5) is 9.59 Å². The van der Waals surface area contributed by atoms with Crippen molar-refractivity contribution in [3.05, 3.63) is 48.3 Å². The molecule has 2 fully saturated rings. The fourth-order valence-electron chi connectivity index (χ4n) is 5.79. The van der Waals surface area contributed by atoms with E-state index in [1.165, 1.54) is 0 Å². The quantitative estimate of drug-likeness (QED) is 0.342. The first-order valence-corrected chi connectivity index (χ1v) is 14.9. The third-order valence-electron chi connectivity index (χ3n) is 7.61. The van der Waals surface area contributed by atoms with Gasteiger partial charge in [-0.3, -0.25) is 9.80 Å². The Hall–Kier alpha value is -3.82. The zero-order valence-corrected chi connectivity index (χ0v) is 26.0. The molecule has 10 nitrogen and oxygen atoms in total. The average Bonchev–Trinajstić information content (AvgIpc) is 3.67. The topological polar surface area (TPSA) is 116 Å². The van der Waals surface area contributed by atoms with Crippen LogP contribution < -0.4 is 0 Å². The predicted molar refractivity (Wildman–Crippen MR) is 161 cm³/mol. The summed E-state index contributed by atoms with van der Waals surface area (Å²) in [6.07, 6.45) is 4.69. The van der Waals surface area contributed by atoms with Crippen molar-refractivity contribution >= 4 is 12.2 Å². The van der Waals surface area contributed by atoms with Gasteiger partial charge in [0.2, 0.25) is 0 Å². The molecule has 2 aliphatic rings. The smallest absolute Gasteiger partial charge is 0.410 e. The number of imidazole rings is 2. The fourth-order valence-corrected chi connectivity index (χ4v) is 5.79. The van der Waals surface area contributed by atoms with Crippen LogP contribution in [0, 0.1) is 11.8 Å². The predicted octanol–water partition coefficient (Wildman–Crippen LogP) is 7.10. The van der Waals surface area contributed by atoms with Gasteiger partial charge in [0, 0.05) is 13.1 Å². The molecule has 4 atom stereocenters. The van der Waals surface area contributed by atoms with Crippen molar-refractivity contribution in [2.75, 3.05) is 13.1 Å². The fraction of sp³-hybridized carbons (Fsp3) is 0.562. The number of hydrogen-bond donors (Lipinski definition) is 2. The lowest BCUT2D eigenvalue weighted by Gasteiger charge is -2.27. The lowest BCUT2D eigenvalue weighted by atomic mass is 10.1. The Morgan fingerprint density at radius 3 is 1.40 bits per heavy atom. The van der Waals surface area contributed by atoms with E-state index in [9.17, 15) is 9.59 Å². The third kappa shape index (κ3) is 6.63. The number of benzene rings is 1. The minimum atomic E-state index is -0.550. The maximum absolute atomic E-state index is 12.9. The highest BCUT2D eigenvalue weighted by molar-refractivity contribution is 5.70. The van der Waals surface area contributed by atoms with Gasteiger partial charge in [-0.1, -0.05) is 38.1 Å². The molecule has 42 heavy (non-hydrogen) atoms. The van der Waals surface area contributed by atoms with Crippen LogP contribution in [0.2, 0.25) is 0 Å². The molecular formula is C32H44N6O4. The number of nitrogens with one attached hydrogen (secondary N) is 2. The van der Waals surface area contributed by atoms with Crippen molar-refractivity contribution in [2.45, 2.75) is 91.5 Å². The minimum Gasteiger partial charge on any atom is -0.444 e. The van der Waals surface area contributed by atoms with Gasteiger partial charge in [-0.2, -0.15) is 0 Å². The Morgan fingerprint density at radius 2 is 1.07 bits per heavy atom. The lowest BCUT2D eigenvalue weighted by Crippen LogP contribution is -2.37. The molecule has 1 aromatic carbocycles. The summed E-state index contributed by atoms with van der Waals surface area (Å²) in [5.41, 5.74) is 2.66. The number of rotatable bonds is 4. The summed E-state index contributed by atoms with van der Waals surface area (Å²) in [4.78, 5) is 45.5. The van der Waals surface area contributed by atoms with Gasteiger partial charge in [0.25, 0.3) is 0 Å². The molecule has 3 aromatic rings. The molecule has 0 aliphatic carbocycles. The number of hydrogen-bond acceptors (Lipinski definition) is 6. The molecule has 226 valence electrons. The lowest BCUT2D eigenvalue weighted by molar-refractivity contribution is 0.0204. The number of amides is 2. The van der Waals surface area contributed by atoms with Gasteiger partial charge in [0.05, 0.1) is 35.9 Å². The molecule has 2 saturated heterocycles. The van der Waals surface area contributed by atoms with Crippen molar-refractivity contribution in [2.24, 2.45) is 11.8 Å². The highest BCUT2D eigenvalue weighted by Gasteiger charge is 2.39. The SMILES string of the molecule is C[C@H]1C[C@@H](c2ncc(-c3ccc(-c4cnc([C@@H]5C[C@H](C)CN5C(=O)OC(C)(C)C)[nH]4)cc3)[nH]2)N(C(=O)OC(C)(C)C)C1. The summed E-state index contributed by atoms with van der Waals surface area (Å²) in [6.45, 7) is 16.9. The Morgan fingerprint density at radius 1 is 0.714 bits per heavy atom. The van der Waals surface area contributed by atoms with E-state index < -0.39 is 11.2 Å². The molecule has 5 rings (SSSR count). The molecule has 2 N–H and O–H groups in total. The standard InChI is InChI=1S/C32H44N6O4/c1-19-13-25(37(17-19)29(39)41-31(3,4)5)27-33-15-23(35-27)21-9-11-22(12-10-21)24-16-34-28(36-24)26-14-20(2)18-38(26)30(40)42-32(6,7)8/h9-12,15-16,19-20,25-26H,13-14,17-18H2,1-8H3,(H,33,35)(H,34,36)/t19-,20-,25-,26-/m0/s1. The van der Waals surface area contributed by atoms with E-state index in [0.717, 1.165) is 47.0 Å². The first-order chi connectivity index (χ1) is 19.7. The van der Waals surface area contributed by atoms with Gasteiger partial charge in [-0.15, -0.1) is 0 Å². The van der Waals surface area contributed by atoms with Crippen LogP contribution in [-0.4, -0.2) is 66.2 Å². The monoisotopic (exact) mass is 576 g/mol. The van der Waals surface area contributed by atoms with E-state index in [1.54, 1.807) is 9.80 Å². The largest absolute Gasteiger partial charge is 0.444 e. The van der Waals surface area contributed by atoms with Gasteiger partial charge in [-0.25, -0.2) is 19.6 Å². The van der Waals surface area contributed by atoms with Gasteiger partial charge < -0.3 is 19.4 Å². The van der Waals surface area contributed by atoms with Crippen molar-refractivity contribution in [3.8, 4) is 22.5 Å². The summed E-state index contributed by atoms with van der Waals surface area (Å²) >= 11 is 0. The van der Waals surface area contributed by atoms with Crippen LogP contribution in [0.25, 0.3) is 22.5 Å². The first-order valence-electron chi connectivity index (χ1n) is 14.9. The van der Waals surface area contributed by atoms with Crippen LogP contribution in [0.1, 0.15) is 92.0 Å². The Kier molecular flexibility index (Phi) is 7.85. The normalized spacial score (nSPS) is 23.0. The van der Waals surface area contributed by atoms with Gasteiger partial charge in [0.15, 0.2) is 0 Å². The van der Waals surface area contributed by atoms with E-state index in [-0.39, 0.29) is 24.3 Å². The number of aromatic amines is 2. The third-order valence-corrected chi connectivity index (χ3v) is 7.61. The number of likely N-dealkylation sites (tertiary alicyclic amines) is 2. The number of H-pyrrole nitrogens is 2. The highest BCUT2D eigenvalue weighted by atomic mass is 16.6. The van der Waals surface area contributed by atoms with Crippen molar-refractivity contribution in [3.63, 3.8) is 0 Å². The summed E-state index contributed by atoms with van der Waals surface area (Å²) in [5, 5.41) is 0. The molecule has 0 radical (unpaired) electrons. The van der Waals surface area contributed by atoms with Gasteiger partial charge in [0.1, 0.15) is 22.9 Å². The van der Waals surface area contributed by atoms with Gasteiger partial charge >= 0.3 is 12.2 Å². The summed E-state index contributed by atoms with van der Waals surface area (Å²) < 4.78 is 11.3. The Bertz CT molecular complexity index is 1310. The summed E-state index contributed by atoms with van der Waals surface area (Å²) in [7, 11) is 0. The van der Waals surface area contributed by atoms with Crippen LogP contribution in [0.5, 0.6) is 0 Å². The second kappa shape index (κ2) is 11.1. The molecule has 4 heterocycles. The maximum atomic E-state index is 12.9. The number of nitrogens with zero attached hydrogens (tertiary/aromatic N) is 4. The zero-order valence-electron chi connectivity index (χ0n) is 26.0. The van der Waals surface area contributed by atoms with E-state index in [0.29, 0.717) is 24.9 Å². The molecule has 10 heteroatoms. The number of carbonyl (C=O) groups is 2. The van der Waals surface area contributed by atoms with Crippen molar-refractivity contribution in [1.29, 1.82) is 0 Å². The second-order valence-corrected chi connectivity index (χ2v) is 13.9. The van der Waals surface area contributed by atoms with Gasteiger partial charge in [-0.05, 0) is 77.3 Å². The molecule has 2 amide bonds. The molecule has 2 aliphatic heterocycles. The summed E-state index contributed by atoms with van der Waals surface area (Å²) in [5.74, 6) is 2.25. The summed E-state index contributed by atoms with van der Waals surface area (Å²) in [6, 6.07) is 7.87. The molecular weight excluding hydrogens is 532 g/mol. The second-order valence-electron chi connectivity index (χ2n) is 13.9. The van der Waals surface area contributed by atoms with E-state index in [2.05, 4.69) is 33.8 Å². The van der Waals surface area contributed by atoms with Crippen LogP contribution in [0.15, 0.2) is 36.7 Å². The Labute approximate surface area is 248 Å². The van der Waals surface area contributed by atoms with Crippen LogP contribution in [0.3, 0.4) is 0 Å². The van der Waals surface area contributed by atoms with Crippen LogP contribution in [-0.2, 0) is 9.47 Å². The molecule has 0 saturated carbocycles. The molecule has 0 unspecified atom stereocenters. The Balaban J connectivity index is 1.29. The molecule has 0 bridgehead atoms. The number of carbonyl (C=O) groups excluding carboxylic acids is 2. The maximum Gasteiger partial charge on any atom is 0.410 e. The van der Waals surface area contributed by atoms with Crippen LogP contribution >= 0.6 is 0 Å². The zero-order chi connectivity index (χ0) is 30.4. The minimum absolute atomic E-state index is 0.148. The van der Waals surface area contributed by atoms with E-state index in [4.69, 9.17) is 9.47 Å². The highest BCUT2D eigenvalue weighted by Crippen LogP contribution is 2.37. The first kappa shape index (κ1) is 29.7. The van der Waals surface area contributed by atoms with E-state index >= 15 is 0 Å². The van der Waals surface area contributed by atoms with Crippen molar-refractivity contribution in [1.82, 2.24) is 29.7 Å². The number of ether oxygens (including phenoxy) is 2. The molecule has 0 spiro atoms. The molecule has 2 aromatic heterocycles. The van der Waals surface area contributed by atoms with Crippen molar-refractivity contribution < 1.29 is 19.1 Å².